The number of para-hydroxylation sites is 3. The molecule has 0 fully saturated rings. The minimum absolute atomic E-state index is 0.0981. The number of aromatic nitrogens is 2. The van der Waals surface area contributed by atoms with Crippen molar-refractivity contribution in [1.82, 2.24) is 9.55 Å². The number of amides is 1. The lowest BCUT2D eigenvalue weighted by molar-refractivity contribution is -0.116. The van der Waals surface area contributed by atoms with Crippen LogP contribution in [0.15, 0.2) is 54.9 Å². The standard InChI is InChI=1S/C16H16N4O/c17-9-12-5-1-2-6-13(12)19-16(21)10-20-11-18-14-7-3-4-8-15(14)20/h1-8,11H,9-10,17H2,(H,19,21). The third kappa shape index (κ3) is 2.78. The van der Waals surface area contributed by atoms with Crippen molar-refractivity contribution in [1.29, 1.82) is 0 Å². The lowest BCUT2D eigenvalue weighted by Crippen LogP contribution is -2.19. The van der Waals surface area contributed by atoms with E-state index in [1.165, 1.54) is 0 Å². The molecule has 0 atom stereocenters. The number of imidazole rings is 1. The molecule has 21 heavy (non-hydrogen) atoms. The minimum atomic E-state index is -0.0981. The van der Waals surface area contributed by atoms with E-state index in [0.29, 0.717) is 6.54 Å². The number of hydrogen-bond donors (Lipinski definition) is 2. The number of rotatable bonds is 4. The van der Waals surface area contributed by atoms with E-state index < -0.39 is 0 Å². The van der Waals surface area contributed by atoms with E-state index >= 15 is 0 Å². The van der Waals surface area contributed by atoms with E-state index in [-0.39, 0.29) is 12.5 Å². The Balaban J connectivity index is 1.77. The number of nitrogens with zero attached hydrogens (tertiary/aromatic N) is 2. The number of fused-ring (bicyclic) bond motifs is 1. The normalized spacial score (nSPS) is 10.7. The Kier molecular flexibility index (Phi) is 3.66. The first-order chi connectivity index (χ1) is 10.3. The fourth-order valence-corrected chi connectivity index (χ4v) is 2.30. The summed E-state index contributed by atoms with van der Waals surface area (Å²) in [5, 5.41) is 2.90. The molecule has 0 aliphatic heterocycles. The topological polar surface area (TPSA) is 72.9 Å². The van der Waals surface area contributed by atoms with Crippen LogP contribution in [0, 0.1) is 0 Å². The van der Waals surface area contributed by atoms with E-state index in [9.17, 15) is 4.79 Å². The third-order valence-corrected chi connectivity index (χ3v) is 3.35. The van der Waals surface area contributed by atoms with Crippen LogP contribution >= 0.6 is 0 Å². The van der Waals surface area contributed by atoms with Crippen LogP contribution < -0.4 is 11.1 Å². The number of carbonyl (C=O) groups excluding carboxylic acids is 1. The number of benzene rings is 2. The predicted molar refractivity (Wildman–Crippen MR) is 82.7 cm³/mol. The van der Waals surface area contributed by atoms with Gasteiger partial charge in [0.25, 0.3) is 0 Å². The van der Waals surface area contributed by atoms with E-state index in [4.69, 9.17) is 5.73 Å². The monoisotopic (exact) mass is 280 g/mol. The Morgan fingerprint density at radius 3 is 2.76 bits per heavy atom. The minimum Gasteiger partial charge on any atom is -0.326 e. The molecule has 5 nitrogen and oxygen atoms in total. The van der Waals surface area contributed by atoms with Crippen molar-refractivity contribution in [3.8, 4) is 0 Å². The summed E-state index contributed by atoms with van der Waals surface area (Å²) in [6, 6.07) is 15.3. The van der Waals surface area contributed by atoms with Crippen LogP contribution in [-0.4, -0.2) is 15.5 Å². The summed E-state index contributed by atoms with van der Waals surface area (Å²) in [6.07, 6.45) is 1.68. The Hall–Kier alpha value is -2.66. The Morgan fingerprint density at radius 1 is 1.14 bits per heavy atom. The smallest absolute Gasteiger partial charge is 0.244 e. The molecule has 2 aromatic carbocycles. The van der Waals surface area contributed by atoms with E-state index in [2.05, 4.69) is 10.3 Å². The summed E-state index contributed by atoms with van der Waals surface area (Å²) in [7, 11) is 0. The predicted octanol–water partition coefficient (Wildman–Crippen LogP) is 2.13. The highest BCUT2D eigenvalue weighted by Crippen LogP contribution is 2.15. The molecule has 1 heterocycles. The first-order valence-electron chi connectivity index (χ1n) is 6.75. The zero-order chi connectivity index (χ0) is 14.7. The second-order valence-corrected chi connectivity index (χ2v) is 4.77. The molecule has 0 spiro atoms. The van der Waals surface area contributed by atoms with Gasteiger partial charge in [0.15, 0.2) is 0 Å². The van der Waals surface area contributed by atoms with E-state index in [1.54, 1.807) is 6.33 Å². The van der Waals surface area contributed by atoms with Gasteiger partial charge in [-0.3, -0.25) is 4.79 Å². The zero-order valence-electron chi connectivity index (χ0n) is 11.5. The molecule has 0 saturated heterocycles. The van der Waals surface area contributed by atoms with E-state index in [1.807, 2.05) is 53.1 Å². The average molecular weight is 280 g/mol. The third-order valence-electron chi connectivity index (χ3n) is 3.35. The highest BCUT2D eigenvalue weighted by Gasteiger charge is 2.08. The van der Waals surface area contributed by atoms with Gasteiger partial charge < -0.3 is 15.6 Å². The van der Waals surface area contributed by atoms with Gasteiger partial charge in [0, 0.05) is 12.2 Å². The quantitative estimate of drug-likeness (QED) is 0.769. The first kappa shape index (κ1) is 13.3. The Bertz CT molecular complexity index is 779. The highest BCUT2D eigenvalue weighted by molar-refractivity contribution is 5.92. The van der Waals surface area contributed by atoms with Gasteiger partial charge in [-0.15, -0.1) is 0 Å². The molecule has 3 aromatic rings. The molecule has 0 aliphatic carbocycles. The van der Waals surface area contributed by atoms with Gasteiger partial charge >= 0.3 is 0 Å². The second kappa shape index (κ2) is 5.76. The first-order valence-corrected chi connectivity index (χ1v) is 6.75. The molecule has 0 radical (unpaired) electrons. The average Bonchev–Trinajstić information content (AvgIpc) is 2.91. The second-order valence-electron chi connectivity index (χ2n) is 4.77. The van der Waals surface area contributed by atoms with Crippen LogP contribution in [-0.2, 0) is 17.9 Å². The van der Waals surface area contributed by atoms with Crippen LogP contribution in [0.4, 0.5) is 5.69 Å². The van der Waals surface area contributed by atoms with Crippen molar-refractivity contribution in [2.45, 2.75) is 13.1 Å². The highest BCUT2D eigenvalue weighted by atomic mass is 16.1. The maximum absolute atomic E-state index is 12.2. The van der Waals surface area contributed by atoms with E-state index in [0.717, 1.165) is 22.3 Å². The molecule has 0 unspecified atom stereocenters. The van der Waals surface area contributed by atoms with Crippen molar-refractivity contribution >= 4 is 22.6 Å². The Morgan fingerprint density at radius 2 is 1.90 bits per heavy atom. The van der Waals surface area contributed by atoms with Gasteiger partial charge in [-0.2, -0.15) is 0 Å². The largest absolute Gasteiger partial charge is 0.326 e. The van der Waals surface area contributed by atoms with Crippen molar-refractivity contribution in [3.63, 3.8) is 0 Å². The molecular weight excluding hydrogens is 264 g/mol. The zero-order valence-corrected chi connectivity index (χ0v) is 11.5. The van der Waals surface area contributed by atoms with Crippen molar-refractivity contribution in [2.24, 2.45) is 5.73 Å². The molecule has 1 amide bonds. The van der Waals surface area contributed by atoms with Crippen molar-refractivity contribution in [2.75, 3.05) is 5.32 Å². The summed E-state index contributed by atoms with van der Waals surface area (Å²) in [5.41, 5.74) is 9.17. The molecule has 106 valence electrons. The van der Waals surface area contributed by atoms with Gasteiger partial charge in [0.1, 0.15) is 6.54 Å². The van der Waals surface area contributed by atoms with Crippen LogP contribution in [0.5, 0.6) is 0 Å². The van der Waals surface area contributed by atoms with Gasteiger partial charge in [-0.1, -0.05) is 30.3 Å². The summed E-state index contributed by atoms with van der Waals surface area (Å²) < 4.78 is 1.83. The molecule has 0 saturated carbocycles. The summed E-state index contributed by atoms with van der Waals surface area (Å²) >= 11 is 0. The van der Waals surface area contributed by atoms with Gasteiger partial charge in [-0.05, 0) is 23.8 Å². The Labute approximate surface area is 122 Å². The number of nitrogens with two attached hydrogens (primary N) is 1. The molecule has 0 aliphatic rings. The molecule has 3 rings (SSSR count). The lowest BCUT2D eigenvalue weighted by Gasteiger charge is -2.10. The molecule has 3 N–H and O–H groups in total. The SMILES string of the molecule is NCc1ccccc1NC(=O)Cn1cnc2ccccc21. The maximum atomic E-state index is 12.2. The van der Waals surface area contributed by atoms with Crippen LogP contribution in [0.2, 0.25) is 0 Å². The van der Waals surface area contributed by atoms with Crippen LogP contribution in [0.25, 0.3) is 11.0 Å². The van der Waals surface area contributed by atoms with Crippen LogP contribution in [0.1, 0.15) is 5.56 Å². The summed E-state index contributed by atoms with van der Waals surface area (Å²) in [5.74, 6) is -0.0981. The van der Waals surface area contributed by atoms with Crippen molar-refractivity contribution < 1.29 is 4.79 Å². The molecule has 0 bridgehead atoms. The van der Waals surface area contributed by atoms with Crippen molar-refractivity contribution in [3.05, 3.63) is 60.4 Å². The molecule has 1 aromatic heterocycles. The fraction of sp³-hybridized carbons (Fsp3) is 0.125. The summed E-state index contributed by atoms with van der Waals surface area (Å²) in [6.45, 7) is 0.615. The number of carbonyl (C=O) groups is 1. The molecular formula is C16H16N4O. The number of hydrogen-bond acceptors (Lipinski definition) is 3. The maximum Gasteiger partial charge on any atom is 0.244 e. The number of nitrogens with one attached hydrogen (secondary N) is 1. The van der Waals surface area contributed by atoms with Gasteiger partial charge in [0.2, 0.25) is 5.91 Å². The lowest BCUT2D eigenvalue weighted by atomic mass is 10.2. The number of anilines is 1. The van der Waals surface area contributed by atoms with Gasteiger partial charge in [0.05, 0.1) is 17.4 Å². The molecule has 5 heteroatoms. The van der Waals surface area contributed by atoms with Crippen LogP contribution in [0.3, 0.4) is 0 Å². The summed E-state index contributed by atoms with van der Waals surface area (Å²) in [4.78, 5) is 16.5. The fourth-order valence-electron chi connectivity index (χ4n) is 2.30. The van der Waals surface area contributed by atoms with Gasteiger partial charge in [-0.25, -0.2) is 4.98 Å².